The lowest BCUT2D eigenvalue weighted by molar-refractivity contribution is 0.101. The maximum atomic E-state index is 12.4. The molecule has 0 spiro atoms. The first-order valence-corrected chi connectivity index (χ1v) is 8.63. The van der Waals surface area contributed by atoms with Crippen LogP contribution in [0.4, 0.5) is 11.5 Å². The largest absolute Gasteiger partial charge is 0.367 e. The van der Waals surface area contributed by atoms with Crippen LogP contribution in [0.3, 0.4) is 0 Å². The van der Waals surface area contributed by atoms with Crippen molar-refractivity contribution in [2.75, 3.05) is 10.6 Å². The molecule has 25 heavy (non-hydrogen) atoms. The van der Waals surface area contributed by atoms with Crippen LogP contribution in [0.2, 0.25) is 0 Å². The Hall–Kier alpha value is -2.76. The number of anilines is 2. The fourth-order valence-corrected chi connectivity index (χ4v) is 3.00. The van der Waals surface area contributed by atoms with Crippen molar-refractivity contribution >= 4 is 23.2 Å². The summed E-state index contributed by atoms with van der Waals surface area (Å²) in [5.74, 6) is 0.371. The predicted molar refractivity (Wildman–Crippen MR) is 96.9 cm³/mol. The zero-order chi connectivity index (χ0) is 17.6. The third kappa shape index (κ3) is 4.62. The molecule has 0 atom stereocenters. The molecular formula is C19H22N4O2. The molecule has 1 aliphatic carbocycles. The van der Waals surface area contributed by atoms with Gasteiger partial charge >= 0.3 is 0 Å². The van der Waals surface area contributed by atoms with Crippen LogP contribution in [0.25, 0.3) is 0 Å². The molecule has 6 nitrogen and oxygen atoms in total. The Morgan fingerprint density at radius 3 is 2.44 bits per heavy atom. The number of carbonyl (C=O) groups excluding carboxylic acids is 2. The summed E-state index contributed by atoms with van der Waals surface area (Å²) >= 11 is 0. The molecule has 1 heterocycles. The summed E-state index contributed by atoms with van der Waals surface area (Å²) in [6.45, 7) is 1.51. The Morgan fingerprint density at radius 2 is 1.76 bits per heavy atom. The third-order valence-electron chi connectivity index (χ3n) is 4.41. The quantitative estimate of drug-likeness (QED) is 0.813. The number of amides is 1. The molecule has 1 saturated carbocycles. The molecule has 0 bridgehead atoms. The van der Waals surface area contributed by atoms with Crippen LogP contribution in [-0.4, -0.2) is 27.7 Å². The van der Waals surface area contributed by atoms with Gasteiger partial charge in [0.2, 0.25) is 0 Å². The van der Waals surface area contributed by atoms with Gasteiger partial charge in [-0.05, 0) is 44.0 Å². The van der Waals surface area contributed by atoms with E-state index in [-0.39, 0.29) is 11.7 Å². The summed E-state index contributed by atoms with van der Waals surface area (Å²) < 4.78 is 0. The Labute approximate surface area is 147 Å². The van der Waals surface area contributed by atoms with Gasteiger partial charge in [0.25, 0.3) is 5.91 Å². The number of hydrogen-bond acceptors (Lipinski definition) is 5. The molecule has 1 aromatic carbocycles. The first-order chi connectivity index (χ1) is 12.1. The van der Waals surface area contributed by atoms with Crippen molar-refractivity contribution in [1.29, 1.82) is 0 Å². The number of carbonyl (C=O) groups is 2. The van der Waals surface area contributed by atoms with E-state index >= 15 is 0 Å². The standard InChI is InChI=1S/C19H22N4O2/c1-13(24)14-7-9-16(10-8-14)23-19(25)17-11-18(21-12-20-17)22-15-5-3-2-4-6-15/h7-12,15H,2-6H2,1H3,(H,23,25)(H,20,21,22). The van der Waals surface area contributed by atoms with Gasteiger partial charge in [0.1, 0.15) is 17.8 Å². The molecular weight excluding hydrogens is 316 g/mol. The van der Waals surface area contributed by atoms with Crippen molar-refractivity contribution in [2.24, 2.45) is 0 Å². The first kappa shape index (κ1) is 17.1. The van der Waals surface area contributed by atoms with Gasteiger partial charge in [-0.1, -0.05) is 19.3 Å². The van der Waals surface area contributed by atoms with E-state index in [1.807, 2.05) is 0 Å². The van der Waals surface area contributed by atoms with Crippen LogP contribution in [0.1, 0.15) is 59.9 Å². The van der Waals surface area contributed by atoms with Crippen molar-refractivity contribution in [3.63, 3.8) is 0 Å². The minimum atomic E-state index is -0.301. The highest BCUT2D eigenvalue weighted by molar-refractivity contribution is 6.03. The Morgan fingerprint density at radius 1 is 1.04 bits per heavy atom. The smallest absolute Gasteiger partial charge is 0.274 e. The van der Waals surface area contributed by atoms with Crippen LogP contribution in [0, 0.1) is 0 Å². The minimum Gasteiger partial charge on any atom is -0.367 e. The lowest BCUT2D eigenvalue weighted by Crippen LogP contribution is -2.23. The molecule has 2 N–H and O–H groups in total. The summed E-state index contributed by atoms with van der Waals surface area (Å²) in [5, 5.41) is 6.18. The number of ketones is 1. The Kier molecular flexibility index (Phi) is 5.38. The number of Topliss-reactive ketones (excluding diaryl/α,β-unsaturated/α-hetero) is 1. The van der Waals surface area contributed by atoms with Gasteiger partial charge in [-0.2, -0.15) is 0 Å². The van der Waals surface area contributed by atoms with E-state index in [4.69, 9.17) is 0 Å². The highest BCUT2D eigenvalue weighted by Crippen LogP contribution is 2.21. The molecule has 1 aliphatic rings. The summed E-state index contributed by atoms with van der Waals surface area (Å²) in [5.41, 5.74) is 1.54. The van der Waals surface area contributed by atoms with E-state index in [2.05, 4.69) is 20.6 Å². The van der Waals surface area contributed by atoms with Gasteiger partial charge < -0.3 is 10.6 Å². The van der Waals surface area contributed by atoms with Crippen LogP contribution >= 0.6 is 0 Å². The van der Waals surface area contributed by atoms with Crippen LogP contribution in [0.5, 0.6) is 0 Å². The molecule has 1 aromatic heterocycles. The molecule has 3 rings (SSSR count). The molecule has 0 aliphatic heterocycles. The molecule has 6 heteroatoms. The second-order valence-corrected chi connectivity index (χ2v) is 6.36. The molecule has 1 amide bonds. The lowest BCUT2D eigenvalue weighted by Gasteiger charge is -2.23. The first-order valence-electron chi connectivity index (χ1n) is 8.63. The van der Waals surface area contributed by atoms with Crippen molar-refractivity contribution in [1.82, 2.24) is 9.97 Å². The van der Waals surface area contributed by atoms with Crippen molar-refractivity contribution in [2.45, 2.75) is 45.1 Å². The summed E-state index contributed by atoms with van der Waals surface area (Å²) in [4.78, 5) is 31.9. The molecule has 0 unspecified atom stereocenters. The van der Waals surface area contributed by atoms with E-state index < -0.39 is 0 Å². The Balaban J connectivity index is 1.65. The van der Waals surface area contributed by atoms with E-state index in [1.165, 1.54) is 32.5 Å². The molecule has 1 fully saturated rings. The van der Waals surface area contributed by atoms with E-state index in [0.717, 1.165) is 12.8 Å². The van der Waals surface area contributed by atoms with Crippen LogP contribution in [-0.2, 0) is 0 Å². The summed E-state index contributed by atoms with van der Waals surface area (Å²) in [6, 6.07) is 8.88. The van der Waals surface area contributed by atoms with Gasteiger partial charge in [0, 0.05) is 23.4 Å². The number of nitrogens with zero attached hydrogens (tertiary/aromatic N) is 2. The number of aromatic nitrogens is 2. The average Bonchev–Trinajstić information content (AvgIpc) is 2.63. The second kappa shape index (κ2) is 7.88. The van der Waals surface area contributed by atoms with Gasteiger partial charge in [0.05, 0.1) is 0 Å². The van der Waals surface area contributed by atoms with Crippen molar-refractivity contribution in [3.8, 4) is 0 Å². The molecule has 0 saturated heterocycles. The lowest BCUT2D eigenvalue weighted by atomic mass is 9.95. The van der Waals surface area contributed by atoms with Gasteiger partial charge in [-0.15, -0.1) is 0 Å². The number of nitrogens with one attached hydrogen (secondary N) is 2. The molecule has 2 aromatic rings. The highest BCUT2D eigenvalue weighted by atomic mass is 16.2. The monoisotopic (exact) mass is 338 g/mol. The number of rotatable bonds is 5. The van der Waals surface area contributed by atoms with Gasteiger partial charge in [-0.25, -0.2) is 9.97 Å². The highest BCUT2D eigenvalue weighted by Gasteiger charge is 2.15. The molecule has 130 valence electrons. The fraction of sp³-hybridized carbons (Fsp3) is 0.368. The fourth-order valence-electron chi connectivity index (χ4n) is 3.00. The van der Waals surface area contributed by atoms with Crippen molar-refractivity contribution < 1.29 is 9.59 Å². The van der Waals surface area contributed by atoms with Crippen LogP contribution in [0.15, 0.2) is 36.7 Å². The maximum absolute atomic E-state index is 12.4. The third-order valence-corrected chi connectivity index (χ3v) is 4.41. The van der Waals surface area contributed by atoms with Crippen LogP contribution < -0.4 is 10.6 Å². The van der Waals surface area contributed by atoms with Crippen molar-refractivity contribution in [3.05, 3.63) is 47.9 Å². The summed E-state index contributed by atoms with van der Waals surface area (Å²) in [7, 11) is 0. The minimum absolute atomic E-state index is 0.00731. The summed E-state index contributed by atoms with van der Waals surface area (Å²) in [6.07, 6.45) is 7.41. The van der Waals surface area contributed by atoms with E-state index in [0.29, 0.717) is 28.8 Å². The SMILES string of the molecule is CC(=O)c1ccc(NC(=O)c2cc(NC3CCCCC3)ncn2)cc1. The van der Waals surface area contributed by atoms with E-state index in [9.17, 15) is 9.59 Å². The zero-order valence-corrected chi connectivity index (χ0v) is 14.3. The molecule has 0 radical (unpaired) electrons. The number of hydrogen-bond donors (Lipinski definition) is 2. The van der Waals surface area contributed by atoms with Gasteiger partial charge in [-0.3, -0.25) is 9.59 Å². The predicted octanol–water partition coefficient (Wildman–Crippen LogP) is 3.68. The number of benzene rings is 1. The second-order valence-electron chi connectivity index (χ2n) is 6.36. The van der Waals surface area contributed by atoms with Gasteiger partial charge in [0.15, 0.2) is 5.78 Å². The maximum Gasteiger partial charge on any atom is 0.274 e. The average molecular weight is 338 g/mol. The normalized spacial score (nSPS) is 14.8. The Bertz CT molecular complexity index is 752. The van der Waals surface area contributed by atoms with E-state index in [1.54, 1.807) is 30.3 Å². The topological polar surface area (TPSA) is 84.0 Å². The zero-order valence-electron chi connectivity index (χ0n) is 14.3.